The van der Waals surface area contributed by atoms with Crippen molar-refractivity contribution in [2.24, 2.45) is 10.9 Å². The molecule has 0 aromatic heterocycles. The number of rotatable bonds is 5. The van der Waals surface area contributed by atoms with Gasteiger partial charge in [0.1, 0.15) is 0 Å². The van der Waals surface area contributed by atoms with Crippen LogP contribution in [-0.2, 0) is 13.1 Å². The molecule has 2 aliphatic rings. The minimum absolute atomic E-state index is 0. The van der Waals surface area contributed by atoms with E-state index in [1.54, 1.807) is 0 Å². The van der Waals surface area contributed by atoms with Crippen LogP contribution >= 0.6 is 24.0 Å². The zero-order valence-corrected chi connectivity index (χ0v) is 19.1. The van der Waals surface area contributed by atoms with Crippen LogP contribution in [0.5, 0.6) is 0 Å². The molecular formula is C21H35IN4O. The number of aliphatic imine (C=N–C) groups is 1. The van der Waals surface area contributed by atoms with Crippen molar-refractivity contribution in [1.82, 2.24) is 15.1 Å². The molecule has 0 saturated carbocycles. The van der Waals surface area contributed by atoms with E-state index in [4.69, 9.17) is 4.99 Å². The number of likely N-dealkylation sites (tertiary alicyclic amines) is 2. The smallest absolute Gasteiger partial charge is 0.194 e. The van der Waals surface area contributed by atoms with Crippen molar-refractivity contribution in [1.29, 1.82) is 0 Å². The summed E-state index contributed by atoms with van der Waals surface area (Å²) >= 11 is 0. The molecule has 3 rings (SSSR count). The van der Waals surface area contributed by atoms with Crippen molar-refractivity contribution >= 4 is 29.9 Å². The predicted molar refractivity (Wildman–Crippen MR) is 123 cm³/mol. The molecule has 27 heavy (non-hydrogen) atoms. The van der Waals surface area contributed by atoms with E-state index in [0.29, 0.717) is 13.1 Å². The number of halogens is 1. The van der Waals surface area contributed by atoms with Crippen molar-refractivity contribution < 1.29 is 5.11 Å². The number of hydrogen-bond acceptors (Lipinski definition) is 3. The second-order valence-electron chi connectivity index (χ2n) is 7.84. The molecule has 0 aliphatic carbocycles. The molecule has 2 aliphatic heterocycles. The van der Waals surface area contributed by atoms with Gasteiger partial charge in [-0.15, -0.1) is 24.0 Å². The number of nitrogens with one attached hydrogen (secondary N) is 1. The molecule has 0 unspecified atom stereocenters. The zero-order chi connectivity index (χ0) is 18.4. The Morgan fingerprint density at radius 1 is 1.19 bits per heavy atom. The van der Waals surface area contributed by atoms with Gasteiger partial charge in [0.05, 0.1) is 12.6 Å². The summed E-state index contributed by atoms with van der Waals surface area (Å²) in [6, 6.07) is 8.84. The molecule has 0 bridgehead atoms. The summed E-state index contributed by atoms with van der Waals surface area (Å²) in [5.74, 6) is 1.79. The van der Waals surface area contributed by atoms with Crippen molar-refractivity contribution in [2.45, 2.75) is 52.3 Å². The molecule has 0 amide bonds. The summed E-state index contributed by atoms with van der Waals surface area (Å²) in [5, 5.41) is 13.1. The van der Waals surface area contributed by atoms with Crippen molar-refractivity contribution in [3.63, 3.8) is 0 Å². The lowest BCUT2D eigenvalue weighted by atomic mass is 9.98. The van der Waals surface area contributed by atoms with E-state index in [2.05, 4.69) is 53.2 Å². The van der Waals surface area contributed by atoms with Gasteiger partial charge >= 0.3 is 0 Å². The lowest BCUT2D eigenvalue weighted by Gasteiger charge is -2.30. The van der Waals surface area contributed by atoms with E-state index < -0.39 is 0 Å². The van der Waals surface area contributed by atoms with Gasteiger partial charge in [-0.2, -0.15) is 0 Å². The van der Waals surface area contributed by atoms with Gasteiger partial charge in [-0.1, -0.05) is 31.2 Å². The van der Waals surface area contributed by atoms with Crippen LogP contribution in [-0.4, -0.2) is 59.7 Å². The number of hydrogen-bond donors (Lipinski definition) is 2. The maximum Gasteiger partial charge on any atom is 0.194 e. The molecule has 1 aromatic rings. The maximum absolute atomic E-state index is 9.78. The first-order chi connectivity index (χ1) is 12.6. The van der Waals surface area contributed by atoms with Gasteiger partial charge < -0.3 is 15.3 Å². The number of benzene rings is 1. The average molecular weight is 486 g/mol. The Bertz CT molecular complexity index is 602. The van der Waals surface area contributed by atoms with E-state index in [-0.39, 0.29) is 30.1 Å². The van der Waals surface area contributed by atoms with Crippen LogP contribution in [0.2, 0.25) is 0 Å². The highest BCUT2D eigenvalue weighted by molar-refractivity contribution is 14.0. The minimum atomic E-state index is -0.227. The van der Waals surface area contributed by atoms with Crippen LogP contribution in [0, 0.1) is 5.92 Å². The summed E-state index contributed by atoms with van der Waals surface area (Å²) in [6.45, 7) is 11.0. The number of nitrogens with zero attached hydrogens (tertiary/aromatic N) is 3. The van der Waals surface area contributed by atoms with Crippen LogP contribution in [0.1, 0.15) is 44.2 Å². The lowest BCUT2D eigenvalue weighted by Crippen LogP contribution is -2.40. The second kappa shape index (κ2) is 11.2. The van der Waals surface area contributed by atoms with E-state index in [9.17, 15) is 5.11 Å². The summed E-state index contributed by atoms with van der Waals surface area (Å²) in [5.41, 5.74) is 2.64. The van der Waals surface area contributed by atoms with Gasteiger partial charge in [0, 0.05) is 26.2 Å². The highest BCUT2D eigenvalue weighted by Crippen LogP contribution is 2.19. The Morgan fingerprint density at radius 2 is 1.93 bits per heavy atom. The van der Waals surface area contributed by atoms with Crippen molar-refractivity contribution in [3.8, 4) is 0 Å². The standard InChI is InChI=1S/C21H34N4O.HI/c1-3-22-21(25-12-9-20(26)16-25)23-14-18-5-4-6-19(13-18)15-24-10-7-17(2)8-11-24;/h4-6,13,17,20,26H,3,7-12,14-16H2,1-2H3,(H,22,23);1H/t20-;/m1./s1. The quantitative estimate of drug-likeness (QED) is 0.382. The molecule has 6 heteroatoms. The molecular weight excluding hydrogens is 451 g/mol. The molecule has 0 spiro atoms. The Kier molecular flexibility index (Phi) is 9.32. The topological polar surface area (TPSA) is 51.1 Å². The predicted octanol–water partition coefficient (Wildman–Crippen LogP) is 3.07. The normalized spacial score (nSPS) is 22.0. The molecule has 1 aromatic carbocycles. The van der Waals surface area contributed by atoms with Crippen LogP contribution < -0.4 is 5.32 Å². The third-order valence-electron chi connectivity index (χ3n) is 5.48. The maximum atomic E-state index is 9.78. The molecule has 1 atom stereocenters. The third-order valence-corrected chi connectivity index (χ3v) is 5.48. The Labute approximate surface area is 181 Å². The fourth-order valence-electron chi connectivity index (χ4n) is 3.83. The number of aliphatic hydroxyl groups excluding tert-OH is 1. The summed E-state index contributed by atoms with van der Waals surface area (Å²) in [6.07, 6.45) is 3.23. The number of guanidine groups is 1. The van der Waals surface area contributed by atoms with E-state index in [1.807, 2.05) is 0 Å². The molecule has 2 N–H and O–H groups in total. The van der Waals surface area contributed by atoms with Gasteiger partial charge in [0.25, 0.3) is 0 Å². The minimum Gasteiger partial charge on any atom is -0.391 e. The Morgan fingerprint density at radius 3 is 2.59 bits per heavy atom. The summed E-state index contributed by atoms with van der Waals surface area (Å²) in [7, 11) is 0. The molecule has 2 fully saturated rings. The summed E-state index contributed by atoms with van der Waals surface area (Å²) in [4.78, 5) is 9.53. The van der Waals surface area contributed by atoms with Gasteiger partial charge in [0.2, 0.25) is 0 Å². The first-order valence-corrected chi connectivity index (χ1v) is 10.2. The third kappa shape index (κ3) is 6.91. The van der Waals surface area contributed by atoms with Crippen molar-refractivity contribution in [2.75, 3.05) is 32.7 Å². The Balaban J connectivity index is 0.00000261. The molecule has 152 valence electrons. The van der Waals surface area contributed by atoms with Gasteiger partial charge in [-0.3, -0.25) is 4.90 Å². The van der Waals surface area contributed by atoms with Crippen LogP contribution in [0.4, 0.5) is 0 Å². The summed E-state index contributed by atoms with van der Waals surface area (Å²) < 4.78 is 0. The molecule has 2 saturated heterocycles. The van der Waals surface area contributed by atoms with E-state index in [0.717, 1.165) is 37.9 Å². The molecule has 5 nitrogen and oxygen atoms in total. The van der Waals surface area contributed by atoms with Crippen LogP contribution in [0.15, 0.2) is 29.3 Å². The van der Waals surface area contributed by atoms with Crippen LogP contribution in [0.25, 0.3) is 0 Å². The fraction of sp³-hybridized carbons (Fsp3) is 0.667. The highest BCUT2D eigenvalue weighted by atomic mass is 127. The van der Waals surface area contributed by atoms with Crippen LogP contribution in [0.3, 0.4) is 0 Å². The van der Waals surface area contributed by atoms with E-state index >= 15 is 0 Å². The van der Waals surface area contributed by atoms with Gasteiger partial charge in [0.15, 0.2) is 5.96 Å². The average Bonchev–Trinajstić information content (AvgIpc) is 3.07. The largest absolute Gasteiger partial charge is 0.391 e. The van der Waals surface area contributed by atoms with Gasteiger partial charge in [-0.05, 0) is 56.3 Å². The van der Waals surface area contributed by atoms with E-state index in [1.165, 1.54) is 37.1 Å². The highest BCUT2D eigenvalue weighted by Gasteiger charge is 2.22. The number of aliphatic hydroxyl groups is 1. The molecule has 0 radical (unpaired) electrons. The fourth-order valence-corrected chi connectivity index (χ4v) is 3.83. The Hall–Kier alpha value is -0.860. The number of β-amino-alcohol motifs (C(OH)–C–C–N with tert-alkyl or cyclic N) is 1. The van der Waals surface area contributed by atoms with Crippen molar-refractivity contribution in [3.05, 3.63) is 35.4 Å². The lowest BCUT2D eigenvalue weighted by molar-refractivity contribution is 0.185. The van der Waals surface area contributed by atoms with Gasteiger partial charge in [-0.25, -0.2) is 4.99 Å². The zero-order valence-electron chi connectivity index (χ0n) is 16.7. The SMILES string of the molecule is CCNC(=NCc1cccc(CN2CCC(C)CC2)c1)N1CC[C@@H](O)C1.I. The first kappa shape index (κ1) is 22.4. The monoisotopic (exact) mass is 486 g/mol. The first-order valence-electron chi connectivity index (χ1n) is 10.2. The number of piperidine rings is 1. The second-order valence-corrected chi connectivity index (χ2v) is 7.84. The molecule has 2 heterocycles.